The Hall–Kier alpha value is -3.56. The van der Waals surface area contributed by atoms with Crippen molar-refractivity contribution in [1.29, 1.82) is 0 Å². The van der Waals surface area contributed by atoms with E-state index in [1.807, 2.05) is 24.3 Å². The monoisotopic (exact) mass is 314 g/mol. The fraction of sp³-hybridized carbons (Fsp3) is 0.0769. The Balaban J connectivity index is 1.78. The molecule has 1 aromatic carbocycles. The first-order valence-corrected chi connectivity index (χ1v) is 6.66. The van der Waals surface area contributed by atoms with Gasteiger partial charge in [-0.05, 0) is 12.1 Å². The van der Waals surface area contributed by atoms with Gasteiger partial charge in [0.2, 0.25) is 5.88 Å². The van der Waals surface area contributed by atoms with Crippen molar-refractivity contribution in [3.8, 4) is 11.3 Å². The lowest BCUT2D eigenvalue weighted by Gasteiger charge is -2.19. The quantitative estimate of drug-likeness (QED) is 0.206. The fourth-order valence-corrected chi connectivity index (χ4v) is 2.07. The van der Waals surface area contributed by atoms with Gasteiger partial charge in [0.05, 0.1) is 24.0 Å². The average molecular weight is 314 g/mol. The minimum absolute atomic E-state index is 0.110. The van der Waals surface area contributed by atoms with Gasteiger partial charge in [0.1, 0.15) is 0 Å². The van der Waals surface area contributed by atoms with Gasteiger partial charge in [-0.2, -0.15) is 5.10 Å². The van der Waals surface area contributed by atoms with Crippen molar-refractivity contribution in [1.82, 2.24) is 26.0 Å². The molecule has 0 atom stereocenters. The molecule has 7 N–H and O–H groups in total. The third-order valence-electron chi connectivity index (χ3n) is 3.23. The van der Waals surface area contributed by atoms with Gasteiger partial charge in [0.15, 0.2) is 5.84 Å². The molecule has 2 aromatic rings. The number of aromatic amines is 1. The molecule has 0 spiro atoms. The number of aromatic nitrogens is 3. The number of benzene rings is 1. The van der Waals surface area contributed by atoms with E-state index in [2.05, 4.69) is 36.5 Å². The third kappa shape index (κ3) is 3.05. The lowest BCUT2D eigenvalue weighted by molar-refractivity contribution is 0.233. The largest absolute Gasteiger partial charge is 0.494 e. The van der Waals surface area contributed by atoms with Crippen LogP contribution in [0.3, 0.4) is 0 Å². The highest BCUT2D eigenvalue weighted by Crippen LogP contribution is 2.19. The molecule has 1 aliphatic rings. The number of nitrogens with one attached hydrogen (secondary N) is 4. The van der Waals surface area contributed by atoms with E-state index in [4.69, 9.17) is 5.84 Å². The summed E-state index contributed by atoms with van der Waals surface area (Å²) >= 11 is 0. The Morgan fingerprint density at radius 3 is 2.74 bits per heavy atom. The summed E-state index contributed by atoms with van der Waals surface area (Å²) in [4.78, 5) is 11.1. The third-order valence-corrected chi connectivity index (χ3v) is 3.23. The Kier molecular flexibility index (Phi) is 3.78. The van der Waals surface area contributed by atoms with E-state index in [0.717, 1.165) is 11.3 Å². The number of aliphatic hydroxyl groups excluding tert-OH is 1. The van der Waals surface area contributed by atoms with E-state index in [1.54, 1.807) is 6.20 Å². The molecule has 2 heterocycles. The number of hydrogen-bond acceptors (Lipinski definition) is 6. The molecule has 2 amide bonds. The number of amides is 2. The molecule has 10 nitrogen and oxygen atoms in total. The summed E-state index contributed by atoms with van der Waals surface area (Å²) in [6, 6.07) is 6.86. The molecule has 23 heavy (non-hydrogen) atoms. The van der Waals surface area contributed by atoms with Crippen molar-refractivity contribution < 1.29 is 9.90 Å². The predicted octanol–water partition coefficient (Wildman–Crippen LogP) is 0.238. The van der Waals surface area contributed by atoms with Crippen LogP contribution in [0.25, 0.3) is 11.3 Å². The first-order chi connectivity index (χ1) is 11.2. The number of hydrazone groups is 1. The summed E-state index contributed by atoms with van der Waals surface area (Å²) in [6.45, 7) is 0.110. The molecule has 3 rings (SSSR count). The Morgan fingerprint density at radius 2 is 2.13 bits per heavy atom. The Bertz CT molecular complexity index is 764. The van der Waals surface area contributed by atoms with Gasteiger partial charge in [0.25, 0.3) is 0 Å². The summed E-state index contributed by atoms with van der Waals surface area (Å²) in [5, 5.41) is 31.3. The van der Waals surface area contributed by atoms with E-state index in [-0.39, 0.29) is 18.3 Å². The summed E-state index contributed by atoms with van der Waals surface area (Å²) in [5.41, 5.74) is 2.78. The number of hydrogen-bond donors (Lipinski definition) is 6. The number of aliphatic hydroxyl groups is 1. The maximum Gasteiger partial charge on any atom is 0.321 e. The average Bonchev–Trinajstić information content (AvgIpc) is 3.08. The lowest BCUT2D eigenvalue weighted by Crippen LogP contribution is -2.44. The minimum Gasteiger partial charge on any atom is -0.494 e. The molecule has 0 bridgehead atoms. The van der Waals surface area contributed by atoms with E-state index in [1.165, 1.54) is 0 Å². The molecule has 118 valence electrons. The molecule has 0 saturated carbocycles. The number of rotatable bonds is 3. The molecule has 1 aliphatic heterocycles. The van der Waals surface area contributed by atoms with Crippen LogP contribution in [0.2, 0.25) is 0 Å². The zero-order chi connectivity index (χ0) is 16.2. The van der Waals surface area contributed by atoms with E-state index >= 15 is 0 Å². The van der Waals surface area contributed by atoms with Crippen LogP contribution in [0.5, 0.6) is 0 Å². The summed E-state index contributed by atoms with van der Waals surface area (Å²) < 4.78 is 0. The van der Waals surface area contributed by atoms with Gasteiger partial charge < -0.3 is 21.6 Å². The number of carbonyl (C=O) groups excluding carboxylic acids is 1. The maximum absolute atomic E-state index is 11.1. The standard InChI is InChI=1S/C13H14N8O2/c14-19-11(9-5-15-13(23)18-12(9)22)17-8-3-1-7(2-4-8)10-6-16-21-20-10/h1-4,6,22H,5,14H2,(H,17,19)(H2,15,18,23)(H,16,20,21). The molecule has 1 aromatic heterocycles. The van der Waals surface area contributed by atoms with Gasteiger partial charge in [-0.15, -0.1) is 5.10 Å². The second kappa shape index (κ2) is 6.05. The van der Waals surface area contributed by atoms with Gasteiger partial charge >= 0.3 is 6.03 Å². The number of carbonyl (C=O) groups is 1. The van der Waals surface area contributed by atoms with Crippen LogP contribution in [-0.4, -0.2) is 38.9 Å². The normalized spacial score (nSPS) is 15.1. The SMILES string of the molecule is N/N=C(/Nc1ccc(-c2cnn[nH]2)cc1)C1=C(O)NC(=O)NC1. The lowest BCUT2D eigenvalue weighted by atomic mass is 10.1. The molecular weight excluding hydrogens is 300 g/mol. The molecule has 0 saturated heterocycles. The highest BCUT2D eigenvalue weighted by Gasteiger charge is 2.21. The summed E-state index contributed by atoms with van der Waals surface area (Å²) in [7, 11) is 0. The van der Waals surface area contributed by atoms with E-state index in [9.17, 15) is 9.90 Å². The highest BCUT2D eigenvalue weighted by atomic mass is 16.3. The number of amidine groups is 1. The minimum atomic E-state index is -0.486. The molecule has 0 unspecified atom stereocenters. The van der Waals surface area contributed by atoms with Crippen LogP contribution in [0.1, 0.15) is 0 Å². The van der Waals surface area contributed by atoms with Crippen LogP contribution in [0, 0.1) is 0 Å². The molecule has 0 fully saturated rings. The van der Waals surface area contributed by atoms with Crippen LogP contribution in [0.15, 0.2) is 47.0 Å². The van der Waals surface area contributed by atoms with Crippen LogP contribution >= 0.6 is 0 Å². The van der Waals surface area contributed by atoms with Crippen molar-refractivity contribution in [3.63, 3.8) is 0 Å². The van der Waals surface area contributed by atoms with Crippen molar-refractivity contribution in [2.75, 3.05) is 11.9 Å². The molecule has 10 heteroatoms. The van der Waals surface area contributed by atoms with E-state index in [0.29, 0.717) is 11.3 Å². The highest BCUT2D eigenvalue weighted by molar-refractivity contribution is 6.09. The summed E-state index contributed by atoms with van der Waals surface area (Å²) in [5.74, 6) is 5.33. The smallest absolute Gasteiger partial charge is 0.321 e. The number of urea groups is 1. The zero-order valence-corrected chi connectivity index (χ0v) is 11.9. The topological polar surface area (TPSA) is 153 Å². The van der Waals surface area contributed by atoms with Crippen molar-refractivity contribution in [3.05, 3.63) is 41.9 Å². The Morgan fingerprint density at radius 1 is 1.35 bits per heavy atom. The first kappa shape index (κ1) is 14.4. The van der Waals surface area contributed by atoms with Crippen molar-refractivity contribution >= 4 is 17.6 Å². The number of anilines is 1. The van der Waals surface area contributed by atoms with Crippen LogP contribution in [-0.2, 0) is 0 Å². The van der Waals surface area contributed by atoms with Crippen molar-refractivity contribution in [2.45, 2.75) is 0 Å². The van der Waals surface area contributed by atoms with Crippen molar-refractivity contribution in [2.24, 2.45) is 10.9 Å². The number of nitrogens with zero attached hydrogens (tertiary/aromatic N) is 3. The zero-order valence-electron chi connectivity index (χ0n) is 11.9. The van der Waals surface area contributed by atoms with Gasteiger partial charge in [-0.1, -0.05) is 17.3 Å². The van der Waals surface area contributed by atoms with Gasteiger partial charge in [-0.25, -0.2) is 4.79 Å². The van der Waals surface area contributed by atoms with Gasteiger partial charge in [0, 0.05) is 11.3 Å². The van der Waals surface area contributed by atoms with Crippen LogP contribution < -0.4 is 21.8 Å². The Labute approximate surface area is 130 Å². The summed E-state index contributed by atoms with van der Waals surface area (Å²) in [6.07, 6.45) is 1.62. The van der Waals surface area contributed by atoms with Gasteiger partial charge in [-0.3, -0.25) is 10.4 Å². The van der Waals surface area contributed by atoms with E-state index < -0.39 is 6.03 Å². The number of H-pyrrole nitrogens is 1. The molecule has 0 aliphatic carbocycles. The maximum atomic E-state index is 11.1. The molecule has 0 radical (unpaired) electrons. The first-order valence-electron chi connectivity index (χ1n) is 6.66. The predicted molar refractivity (Wildman–Crippen MR) is 83.3 cm³/mol. The second-order valence-corrected chi connectivity index (χ2v) is 4.68. The number of nitrogens with two attached hydrogens (primary N) is 1. The molecular formula is C13H14N8O2. The van der Waals surface area contributed by atoms with Crippen LogP contribution in [0.4, 0.5) is 10.5 Å². The second-order valence-electron chi connectivity index (χ2n) is 4.68. The fourth-order valence-electron chi connectivity index (χ4n) is 2.07.